The summed E-state index contributed by atoms with van der Waals surface area (Å²) < 4.78 is 34.9. The third-order valence-corrected chi connectivity index (χ3v) is 5.43. The molecule has 1 N–H and O–H groups in total. The maximum absolute atomic E-state index is 12.6. The summed E-state index contributed by atoms with van der Waals surface area (Å²) in [4.78, 5) is 24.9. The van der Waals surface area contributed by atoms with Gasteiger partial charge in [-0.15, -0.1) is 0 Å². The van der Waals surface area contributed by atoms with Gasteiger partial charge in [0.1, 0.15) is 6.61 Å². The summed E-state index contributed by atoms with van der Waals surface area (Å²) in [6.45, 7) is 3.30. The van der Waals surface area contributed by atoms with Crippen LogP contribution in [0.15, 0.2) is 45.9 Å². The van der Waals surface area contributed by atoms with Crippen LogP contribution in [0.2, 0.25) is 0 Å². The van der Waals surface area contributed by atoms with Gasteiger partial charge in [0, 0.05) is 18.0 Å². The molecular formula is C17H18N2O7S. The zero-order valence-electron chi connectivity index (χ0n) is 14.9. The number of pyridine rings is 1. The van der Waals surface area contributed by atoms with Crippen LogP contribution in [0, 0.1) is 5.21 Å². The Balaban J connectivity index is 2.32. The van der Waals surface area contributed by atoms with E-state index in [1.54, 1.807) is 13.8 Å². The van der Waals surface area contributed by atoms with E-state index in [9.17, 15) is 23.2 Å². The first-order valence-electron chi connectivity index (χ1n) is 8.14. The Hall–Kier alpha value is -2.88. The van der Waals surface area contributed by atoms with Crippen LogP contribution >= 0.6 is 0 Å². The van der Waals surface area contributed by atoms with E-state index in [2.05, 4.69) is 5.32 Å². The summed E-state index contributed by atoms with van der Waals surface area (Å²) in [5.41, 5.74) is 1.00. The predicted octanol–water partition coefficient (Wildman–Crippen LogP) is 0.0583. The van der Waals surface area contributed by atoms with E-state index in [-0.39, 0.29) is 34.7 Å². The van der Waals surface area contributed by atoms with Crippen LogP contribution in [0.3, 0.4) is 0 Å². The predicted molar refractivity (Wildman–Crippen MR) is 91.7 cm³/mol. The van der Waals surface area contributed by atoms with Crippen molar-refractivity contribution in [2.24, 2.45) is 0 Å². The first kappa shape index (κ1) is 18.9. The Kier molecular flexibility index (Phi) is 4.68. The van der Waals surface area contributed by atoms with Crippen molar-refractivity contribution < 1.29 is 32.2 Å². The van der Waals surface area contributed by atoms with E-state index in [0.29, 0.717) is 11.4 Å². The maximum atomic E-state index is 12.6. The third-order valence-electron chi connectivity index (χ3n) is 4.31. The molecule has 0 bridgehead atoms. The largest absolute Gasteiger partial charge is 0.618 e. The maximum Gasteiger partial charge on any atom is 0.337 e. The van der Waals surface area contributed by atoms with E-state index >= 15 is 0 Å². The van der Waals surface area contributed by atoms with Gasteiger partial charge in [0.25, 0.3) is 0 Å². The molecule has 0 aromatic carbocycles. The van der Waals surface area contributed by atoms with Gasteiger partial charge in [0.05, 0.1) is 34.9 Å². The van der Waals surface area contributed by atoms with Crippen LogP contribution in [0.4, 0.5) is 0 Å². The molecule has 9 nitrogen and oxygen atoms in total. The molecule has 3 rings (SSSR count). The van der Waals surface area contributed by atoms with Gasteiger partial charge < -0.3 is 20.0 Å². The highest BCUT2D eigenvalue weighted by atomic mass is 32.2. The second-order valence-corrected chi connectivity index (χ2v) is 8.08. The lowest BCUT2D eigenvalue weighted by atomic mass is 9.81. The number of rotatable bonds is 4. The highest BCUT2D eigenvalue weighted by Gasteiger charge is 2.45. The number of ether oxygens (including phenoxy) is 2. The molecule has 27 heavy (non-hydrogen) atoms. The number of hydrogen-bond acceptors (Lipinski definition) is 8. The van der Waals surface area contributed by atoms with Crippen molar-refractivity contribution in [3.8, 4) is 0 Å². The molecule has 0 radical (unpaired) electrons. The average molecular weight is 394 g/mol. The van der Waals surface area contributed by atoms with Gasteiger partial charge in [0.15, 0.2) is 6.20 Å². The number of hydrogen-bond donors (Lipinski definition) is 1. The van der Waals surface area contributed by atoms with Crippen molar-refractivity contribution in [2.45, 2.75) is 24.8 Å². The molecule has 144 valence electrons. The van der Waals surface area contributed by atoms with Crippen molar-refractivity contribution in [1.82, 2.24) is 5.32 Å². The van der Waals surface area contributed by atoms with E-state index in [1.807, 2.05) is 0 Å². The Morgan fingerprint density at radius 1 is 1.48 bits per heavy atom. The van der Waals surface area contributed by atoms with Crippen LogP contribution in [-0.4, -0.2) is 39.8 Å². The Morgan fingerprint density at radius 3 is 2.81 bits per heavy atom. The molecule has 10 heteroatoms. The molecule has 0 spiro atoms. The van der Waals surface area contributed by atoms with Crippen LogP contribution in [-0.2, 0) is 28.9 Å². The van der Waals surface area contributed by atoms with E-state index in [4.69, 9.17) is 9.47 Å². The molecular weight excluding hydrogens is 376 g/mol. The lowest BCUT2D eigenvalue weighted by Crippen LogP contribution is -2.37. The number of esters is 2. The number of nitrogens with zero attached hydrogens (tertiary/aromatic N) is 1. The number of sulfone groups is 1. The molecule has 2 aliphatic heterocycles. The summed E-state index contributed by atoms with van der Waals surface area (Å²) in [5, 5.41) is 14.7. The topological polar surface area (TPSA) is 126 Å². The first-order chi connectivity index (χ1) is 12.7. The van der Waals surface area contributed by atoms with E-state index < -0.39 is 32.7 Å². The second kappa shape index (κ2) is 6.69. The SMILES string of the molecule is CCOC(=O)C1=C(C)NC2=C(C(=O)OC2)C1c1ccc[n+]([O-])c1S(C)(=O)=O. The van der Waals surface area contributed by atoms with Gasteiger partial charge in [-0.05, 0) is 19.9 Å². The van der Waals surface area contributed by atoms with Gasteiger partial charge in [-0.1, -0.05) is 0 Å². The fraction of sp³-hybridized carbons (Fsp3) is 0.353. The summed E-state index contributed by atoms with van der Waals surface area (Å²) in [6, 6.07) is 2.77. The monoisotopic (exact) mass is 394 g/mol. The highest BCUT2D eigenvalue weighted by molar-refractivity contribution is 7.90. The number of nitrogens with one attached hydrogen (secondary N) is 1. The Labute approximate surface area is 155 Å². The number of allylic oxidation sites excluding steroid dienone is 1. The van der Waals surface area contributed by atoms with Crippen molar-refractivity contribution >= 4 is 21.8 Å². The molecule has 0 saturated heterocycles. The molecule has 0 fully saturated rings. The fourth-order valence-corrected chi connectivity index (χ4v) is 4.35. The standard InChI is InChI=1S/C17H18N2O7S/c1-4-25-16(20)12-9(2)18-11-8-26-17(21)14(11)13(12)10-6-5-7-19(22)15(10)27(3,23)24/h5-7,13,18H,4,8H2,1-3H3. The quantitative estimate of drug-likeness (QED) is 0.432. The lowest BCUT2D eigenvalue weighted by Gasteiger charge is -2.27. The molecule has 0 saturated carbocycles. The number of carbonyl (C=O) groups is 2. The molecule has 1 aromatic rings. The van der Waals surface area contributed by atoms with Gasteiger partial charge in [0.2, 0.25) is 9.84 Å². The number of dihydropyridines is 1. The molecule has 3 heterocycles. The lowest BCUT2D eigenvalue weighted by molar-refractivity contribution is -0.647. The fourth-order valence-electron chi connectivity index (χ4n) is 3.35. The van der Waals surface area contributed by atoms with E-state index in [1.165, 1.54) is 12.1 Å². The average Bonchev–Trinajstić information content (AvgIpc) is 2.93. The molecule has 1 aromatic heterocycles. The zero-order valence-corrected chi connectivity index (χ0v) is 15.8. The van der Waals surface area contributed by atoms with Crippen LogP contribution < -0.4 is 10.0 Å². The molecule has 1 unspecified atom stereocenters. The van der Waals surface area contributed by atoms with Gasteiger partial charge in [-0.3, -0.25) is 0 Å². The van der Waals surface area contributed by atoms with Crippen LogP contribution in [0.25, 0.3) is 0 Å². The molecule has 0 amide bonds. The smallest absolute Gasteiger partial charge is 0.337 e. The van der Waals surface area contributed by atoms with Crippen molar-refractivity contribution in [2.75, 3.05) is 19.5 Å². The Bertz CT molecular complexity index is 1010. The minimum absolute atomic E-state index is 0.0188. The molecule has 0 aliphatic carbocycles. The summed E-state index contributed by atoms with van der Waals surface area (Å²) in [6.07, 6.45) is 1.94. The van der Waals surface area contributed by atoms with Crippen molar-refractivity contribution in [3.63, 3.8) is 0 Å². The minimum atomic E-state index is -3.96. The van der Waals surface area contributed by atoms with Crippen LogP contribution in [0.1, 0.15) is 25.3 Å². The minimum Gasteiger partial charge on any atom is -0.618 e. The highest BCUT2D eigenvalue weighted by Crippen LogP contribution is 2.42. The third kappa shape index (κ3) is 3.16. The Morgan fingerprint density at radius 2 is 2.19 bits per heavy atom. The van der Waals surface area contributed by atoms with Crippen molar-refractivity contribution in [1.29, 1.82) is 0 Å². The first-order valence-corrected chi connectivity index (χ1v) is 10.0. The second-order valence-electron chi connectivity index (χ2n) is 6.15. The summed E-state index contributed by atoms with van der Waals surface area (Å²) >= 11 is 0. The number of aromatic nitrogens is 1. The normalized spacial score (nSPS) is 19.5. The van der Waals surface area contributed by atoms with Gasteiger partial charge in [-0.25, -0.2) is 18.0 Å². The number of cyclic esters (lactones) is 1. The van der Waals surface area contributed by atoms with Crippen molar-refractivity contribution in [3.05, 3.63) is 51.6 Å². The molecule has 2 aliphatic rings. The summed E-state index contributed by atoms with van der Waals surface area (Å²) in [7, 11) is -3.96. The van der Waals surface area contributed by atoms with Gasteiger partial charge in [-0.2, -0.15) is 4.73 Å². The van der Waals surface area contributed by atoms with E-state index in [0.717, 1.165) is 12.5 Å². The van der Waals surface area contributed by atoms with Crippen LogP contribution in [0.5, 0.6) is 0 Å². The van der Waals surface area contributed by atoms with Gasteiger partial charge >= 0.3 is 17.0 Å². The summed E-state index contributed by atoms with van der Waals surface area (Å²) in [5.74, 6) is -2.49. The number of carbonyl (C=O) groups excluding carboxylic acids is 2. The zero-order chi connectivity index (χ0) is 19.9. The molecule has 1 atom stereocenters.